The first-order valence-corrected chi connectivity index (χ1v) is 9.24. The van der Waals surface area contributed by atoms with Gasteiger partial charge >= 0.3 is 7.12 Å². The molecule has 2 aliphatic rings. The molecule has 0 aromatic carbocycles. The molecular formula is C17H22BN3O2S. The lowest BCUT2D eigenvalue weighted by Gasteiger charge is -2.32. The van der Waals surface area contributed by atoms with Crippen molar-refractivity contribution >= 4 is 24.0 Å². The predicted molar refractivity (Wildman–Crippen MR) is 95.6 cm³/mol. The van der Waals surface area contributed by atoms with E-state index < -0.39 is 7.12 Å². The molecular weight excluding hydrogens is 321 g/mol. The molecule has 1 aliphatic carbocycles. The van der Waals surface area contributed by atoms with Crippen molar-refractivity contribution in [1.82, 2.24) is 15.0 Å². The average Bonchev–Trinajstić information content (AvgIpc) is 3.22. The van der Waals surface area contributed by atoms with Crippen LogP contribution in [-0.2, 0) is 9.31 Å². The third kappa shape index (κ3) is 2.78. The summed E-state index contributed by atoms with van der Waals surface area (Å²) in [5.41, 5.74) is 0.988. The van der Waals surface area contributed by atoms with Crippen LogP contribution in [0.4, 0.5) is 0 Å². The van der Waals surface area contributed by atoms with E-state index in [1.807, 2.05) is 19.2 Å². The monoisotopic (exact) mass is 343 g/mol. The lowest BCUT2D eigenvalue weighted by Crippen LogP contribution is -2.41. The third-order valence-electron chi connectivity index (χ3n) is 5.07. The Morgan fingerprint density at radius 2 is 1.79 bits per heavy atom. The molecule has 0 amide bonds. The van der Waals surface area contributed by atoms with Crippen LogP contribution in [0.3, 0.4) is 0 Å². The van der Waals surface area contributed by atoms with Gasteiger partial charge in [0.15, 0.2) is 0 Å². The zero-order valence-electron chi connectivity index (χ0n) is 14.8. The van der Waals surface area contributed by atoms with Gasteiger partial charge < -0.3 is 9.31 Å². The van der Waals surface area contributed by atoms with Crippen LogP contribution in [0, 0.1) is 6.92 Å². The Morgan fingerprint density at radius 3 is 2.33 bits per heavy atom. The van der Waals surface area contributed by atoms with Crippen LogP contribution in [0.25, 0.3) is 10.6 Å². The number of nitrogens with zero attached hydrogens (tertiary/aromatic N) is 3. The first kappa shape index (κ1) is 16.2. The minimum Gasteiger partial charge on any atom is -0.398 e. The molecule has 7 heteroatoms. The molecule has 2 aromatic rings. The Kier molecular flexibility index (Phi) is 3.60. The zero-order chi connectivity index (χ0) is 17.1. The van der Waals surface area contributed by atoms with Gasteiger partial charge in [-0.15, -0.1) is 11.3 Å². The Hall–Kier alpha value is -1.31. The third-order valence-corrected chi connectivity index (χ3v) is 6.01. The SMILES string of the molecule is Cc1ncc(-c2cc(B3OC(C)(C)C(C)(C)O3)nc(C3CC3)n2)s1. The maximum absolute atomic E-state index is 6.18. The van der Waals surface area contributed by atoms with Crippen LogP contribution >= 0.6 is 11.3 Å². The van der Waals surface area contributed by atoms with Crippen molar-refractivity contribution in [2.75, 3.05) is 0 Å². The summed E-state index contributed by atoms with van der Waals surface area (Å²) in [7, 11) is -0.455. The molecule has 1 saturated heterocycles. The Bertz CT molecular complexity index is 770. The molecule has 126 valence electrons. The second-order valence-electron chi connectivity index (χ2n) is 7.64. The molecule has 4 rings (SSSR count). The fourth-order valence-electron chi connectivity index (χ4n) is 2.70. The van der Waals surface area contributed by atoms with E-state index in [0.717, 1.165) is 39.8 Å². The lowest BCUT2D eigenvalue weighted by molar-refractivity contribution is 0.00578. The summed E-state index contributed by atoms with van der Waals surface area (Å²) in [6.07, 6.45) is 4.20. The smallest absolute Gasteiger partial charge is 0.398 e. The molecule has 2 fully saturated rings. The first-order valence-electron chi connectivity index (χ1n) is 8.42. The van der Waals surface area contributed by atoms with E-state index in [-0.39, 0.29) is 11.2 Å². The van der Waals surface area contributed by atoms with Gasteiger partial charge in [-0.25, -0.2) is 15.0 Å². The van der Waals surface area contributed by atoms with Crippen LogP contribution < -0.4 is 5.59 Å². The van der Waals surface area contributed by atoms with Crippen LogP contribution in [0.15, 0.2) is 12.3 Å². The number of thiazole rings is 1. The molecule has 0 atom stereocenters. The van der Waals surface area contributed by atoms with E-state index in [0.29, 0.717) is 5.92 Å². The molecule has 5 nitrogen and oxygen atoms in total. The van der Waals surface area contributed by atoms with Gasteiger partial charge in [0, 0.05) is 12.1 Å². The normalized spacial score (nSPS) is 22.1. The highest BCUT2D eigenvalue weighted by atomic mass is 32.1. The maximum Gasteiger partial charge on any atom is 0.514 e. The summed E-state index contributed by atoms with van der Waals surface area (Å²) in [6, 6.07) is 1.99. The Morgan fingerprint density at radius 1 is 1.12 bits per heavy atom. The minimum absolute atomic E-state index is 0.371. The van der Waals surface area contributed by atoms with Crippen LogP contribution in [-0.4, -0.2) is 33.3 Å². The quantitative estimate of drug-likeness (QED) is 0.802. The second kappa shape index (κ2) is 5.34. The zero-order valence-corrected chi connectivity index (χ0v) is 15.6. The highest BCUT2D eigenvalue weighted by Crippen LogP contribution is 2.40. The molecule has 3 heterocycles. The average molecular weight is 343 g/mol. The summed E-state index contributed by atoms with van der Waals surface area (Å²) in [4.78, 5) is 15.0. The van der Waals surface area contributed by atoms with Crippen LogP contribution in [0.5, 0.6) is 0 Å². The lowest BCUT2D eigenvalue weighted by atomic mass is 9.84. The highest BCUT2D eigenvalue weighted by molar-refractivity contribution is 7.15. The van der Waals surface area contributed by atoms with Gasteiger partial charge in [0.2, 0.25) is 0 Å². The van der Waals surface area contributed by atoms with Crippen molar-refractivity contribution < 1.29 is 9.31 Å². The van der Waals surface area contributed by atoms with Crippen LogP contribution in [0.1, 0.15) is 57.3 Å². The maximum atomic E-state index is 6.18. The topological polar surface area (TPSA) is 57.1 Å². The van der Waals surface area contributed by atoms with Crippen LogP contribution in [0.2, 0.25) is 0 Å². The van der Waals surface area contributed by atoms with Gasteiger partial charge in [-0.1, -0.05) is 0 Å². The predicted octanol–water partition coefficient (Wildman–Crippen LogP) is 3.09. The van der Waals surface area contributed by atoms with Gasteiger partial charge in [0.25, 0.3) is 0 Å². The molecule has 1 aliphatic heterocycles. The summed E-state index contributed by atoms with van der Waals surface area (Å²) >= 11 is 1.65. The number of hydrogen-bond acceptors (Lipinski definition) is 6. The fraction of sp³-hybridized carbons (Fsp3) is 0.588. The standard InChI is InChI=1S/C17H22BN3O2S/c1-10-19-9-13(24-10)12-8-14(21-15(20-12)11-6-7-11)18-22-16(2,3)17(4,5)23-18/h8-9,11H,6-7H2,1-5H3. The molecule has 0 bridgehead atoms. The van der Waals surface area contributed by atoms with E-state index in [1.54, 1.807) is 11.3 Å². The molecule has 0 radical (unpaired) electrons. The summed E-state index contributed by atoms with van der Waals surface area (Å²) < 4.78 is 12.4. The van der Waals surface area contributed by atoms with E-state index in [1.165, 1.54) is 0 Å². The number of rotatable bonds is 3. The Balaban J connectivity index is 1.74. The summed E-state index contributed by atoms with van der Waals surface area (Å²) in [6.45, 7) is 10.2. The molecule has 0 spiro atoms. The highest BCUT2D eigenvalue weighted by Gasteiger charge is 2.52. The van der Waals surface area contributed by atoms with Crippen molar-refractivity contribution in [3.63, 3.8) is 0 Å². The number of aryl methyl sites for hydroxylation is 1. The van der Waals surface area contributed by atoms with Gasteiger partial charge in [0.1, 0.15) is 5.82 Å². The van der Waals surface area contributed by atoms with Crippen molar-refractivity contribution in [2.45, 2.75) is 64.6 Å². The van der Waals surface area contributed by atoms with Crippen molar-refractivity contribution in [3.05, 3.63) is 23.1 Å². The molecule has 1 saturated carbocycles. The second-order valence-corrected chi connectivity index (χ2v) is 8.88. The van der Waals surface area contributed by atoms with E-state index in [2.05, 4.69) is 32.7 Å². The van der Waals surface area contributed by atoms with E-state index in [4.69, 9.17) is 19.3 Å². The van der Waals surface area contributed by atoms with Gasteiger partial charge in [-0.2, -0.15) is 0 Å². The number of aromatic nitrogens is 3. The van der Waals surface area contributed by atoms with Gasteiger partial charge in [0.05, 0.1) is 32.4 Å². The minimum atomic E-state index is -0.455. The van der Waals surface area contributed by atoms with E-state index in [9.17, 15) is 0 Å². The molecule has 2 aromatic heterocycles. The van der Waals surface area contributed by atoms with Gasteiger partial charge in [-0.3, -0.25) is 0 Å². The summed E-state index contributed by atoms with van der Waals surface area (Å²) in [5.74, 6) is 1.38. The fourth-order valence-corrected chi connectivity index (χ4v) is 3.44. The number of hydrogen-bond donors (Lipinski definition) is 0. The first-order chi connectivity index (χ1) is 11.2. The van der Waals surface area contributed by atoms with Crippen molar-refractivity contribution in [2.24, 2.45) is 0 Å². The molecule has 24 heavy (non-hydrogen) atoms. The Labute approximate surface area is 147 Å². The van der Waals surface area contributed by atoms with Crippen molar-refractivity contribution in [1.29, 1.82) is 0 Å². The summed E-state index contributed by atoms with van der Waals surface area (Å²) in [5, 5.41) is 1.04. The van der Waals surface area contributed by atoms with E-state index >= 15 is 0 Å². The molecule has 0 N–H and O–H groups in total. The van der Waals surface area contributed by atoms with Crippen molar-refractivity contribution in [3.8, 4) is 10.6 Å². The largest absolute Gasteiger partial charge is 0.514 e. The van der Waals surface area contributed by atoms with Gasteiger partial charge in [-0.05, 0) is 53.5 Å². The molecule has 0 unspecified atom stereocenters.